The fraction of sp³-hybridized carbons (Fsp3) is 0.733. The third kappa shape index (κ3) is 3.27. The second-order valence-electron chi connectivity index (χ2n) is 5.67. The normalized spacial score (nSPS) is 22.8. The maximum Gasteiger partial charge on any atom is 0.156 e. The van der Waals surface area contributed by atoms with Crippen molar-refractivity contribution in [1.29, 1.82) is 0 Å². The fourth-order valence-corrected chi connectivity index (χ4v) is 2.95. The van der Waals surface area contributed by atoms with Crippen molar-refractivity contribution in [2.24, 2.45) is 0 Å². The summed E-state index contributed by atoms with van der Waals surface area (Å²) in [6.07, 6.45) is 1.18. The van der Waals surface area contributed by atoms with E-state index in [1.54, 1.807) is 0 Å². The molecule has 2 unspecified atom stereocenters. The van der Waals surface area contributed by atoms with Crippen LogP contribution in [0.3, 0.4) is 0 Å². The maximum atomic E-state index is 5.43. The lowest BCUT2D eigenvalue weighted by molar-refractivity contribution is 0.128. The van der Waals surface area contributed by atoms with Gasteiger partial charge in [0.15, 0.2) is 5.82 Å². The molecule has 1 aromatic rings. The van der Waals surface area contributed by atoms with Crippen LogP contribution in [0.5, 0.6) is 0 Å². The molecule has 5 heteroatoms. The predicted octanol–water partition coefficient (Wildman–Crippen LogP) is 1.85. The minimum absolute atomic E-state index is 0.472. The molecule has 0 spiro atoms. The number of hydrogen-bond acceptors (Lipinski definition) is 5. The molecule has 20 heavy (non-hydrogen) atoms. The van der Waals surface area contributed by atoms with E-state index in [4.69, 9.17) is 4.74 Å². The van der Waals surface area contributed by atoms with Gasteiger partial charge in [-0.25, -0.2) is 9.97 Å². The van der Waals surface area contributed by atoms with Gasteiger partial charge in [0.25, 0.3) is 0 Å². The highest BCUT2D eigenvalue weighted by molar-refractivity contribution is 5.43. The molecule has 0 saturated carbocycles. The number of nitrogens with zero attached hydrogens (tertiary/aromatic N) is 4. The highest BCUT2D eigenvalue weighted by Crippen LogP contribution is 2.26. The minimum Gasteiger partial charge on any atom is -0.374 e. The average Bonchev–Trinajstić information content (AvgIpc) is 2.77. The summed E-state index contributed by atoms with van der Waals surface area (Å²) in [4.78, 5) is 13.8. The van der Waals surface area contributed by atoms with Gasteiger partial charge in [0, 0.05) is 37.0 Å². The third-order valence-corrected chi connectivity index (χ3v) is 3.99. The molecule has 0 aliphatic carbocycles. The molecule has 2 atom stereocenters. The van der Waals surface area contributed by atoms with E-state index in [9.17, 15) is 0 Å². The molecule has 0 amide bonds. The Balaban J connectivity index is 2.18. The van der Waals surface area contributed by atoms with Gasteiger partial charge >= 0.3 is 0 Å². The van der Waals surface area contributed by atoms with Crippen LogP contribution in [-0.4, -0.2) is 54.2 Å². The first-order valence-corrected chi connectivity index (χ1v) is 7.38. The molecule has 112 valence electrons. The summed E-state index contributed by atoms with van der Waals surface area (Å²) in [6, 6.07) is 3.13. The third-order valence-electron chi connectivity index (χ3n) is 3.99. The van der Waals surface area contributed by atoms with E-state index in [0.717, 1.165) is 23.9 Å². The van der Waals surface area contributed by atoms with Crippen molar-refractivity contribution in [3.05, 3.63) is 17.6 Å². The van der Waals surface area contributed by atoms with E-state index < -0.39 is 0 Å². The van der Waals surface area contributed by atoms with Gasteiger partial charge in [0.1, 0.15) is 12.4 Å². The average molecular weight is 278 g/mol. The summed E-state index contributed by atoms with van der Waals surface area (Å²) in [5.74, 6) is 1.81. The summed E-state index contributed by atoms with van der Waals surface area (Å²) in [5, 5.41) is 0. The van der Waals surface area contributed by atoms with Crippen molar-refractivity contribution < 1.29 is 4.74 Å². The lowest BCUT2D eigenvalue weighted by Crippen LogP contribution is -2.40. The maximum absolute atomic E-state index is 5.43. The van der Waals surface area contributed by atoms with E-state index in [-0.39, 0.29) is 0 Å². The summed E-state index contributed by atoms with van der Waals surface area (Å²) < 4.78 is 5.43. The quantitative estimate of drug-likeness (QED) is 0.822. The molecule has 0 bridgehead atoms. The molecule has 0 N–H and O–H groups in total. The predicted molar refractivity (Wildman–Crippen MR) is 81.0 cm³/mol. The number of aromatic nitrogens is 2. The standard InChI is InChI=1S/C15H26N4O/c1-6-20-10-14-16-11(2)9-15(17-14)19-8-7-13(12(19)3)18(4)5/h9,12-13H,6-8,10H2,1-5H3. The molecule has 1 aliphatic rings. The monoisotopic (exact) mass is 278 g/mol. The van der Waals surface area contributed by atoms with Crippen LogP contribution >= 0.6 is 0 Å². The Hall–Kier alpha value is -1.20. The van der Waals surface area contributed by atoms with Gasteiger partial charge in [0.2, 0.25) is 0 Å². The van der Waals surface area contributed by atoms with Crippen molar-refractivity contribution in [3.8, 4) is 0 Å². The van der Waals surface area contributed by atoms with Gasteiger partial charge in [-0.15, -0.1) is 0 Å². The summed E-state index contributed by atoms with van der Waals surface area (Å²) >= 11 is 0. The number of rotatable bonds is 5. The summed E-state index contributed by atoms with van der Waals surface area (Å²) in [6.45, 7) is 8.51. The second kappa shape index (κ2) is 6.50. The molecular formula is C15H26N4O. The zero-order valence-electron chi connectivity index (χ0n) is 13.3. The van der Waals surface area contributed by atoms with Crippen LogP contribution in [0.2, 0.25) is 0 Å². The first-order valence-electron chi connectivity index (χ1n) is 7.38. The highest BCUT2D eigenvalue weighted by Gasteiger charge is 2.33. The fourth-order valence-electron chi connectivity index (χ4n) is 2.95. The smallest absolute Gasteiger partial charge is 0.156 e. The molecule has 2 heterocycles. The molecule has 1 fully saturated rings. The summed E-state index contributed by atoms with van der Waals surface area (Å²) in [5.41, 5.74) is 1.00. The Morgan fingerprint density at radius 1 is 1.40 bits per heavy atom. The van der Waals surface area contributed by atoms with E-state index in [2.05, 4.69) is 46.9 Å². The molecule has 1 aromatic heterocycles. The number of ether oxygens (including phenoxy) is 1. The molecular weight excluding hydrogens is 252 g/mol. The topological polar surface area (TPSA) is 41.5 Å². The second-order valence-corrected chi connectivity index (χ2v) is 5.67. The van der Waals surface area contributed by atoms with Crippen molar-refractivity contribution >= 4 is 5.82 Å². The van der Waals surface area contributed by atoms with Crippen LogP contribution in [0.1, 0.15) is 31.8 Å². The SMILES string of the molecule is CCOCc1nc(C)cc(N2CCC(N(C)C)C2C)n1. The van der Waals surface area contributed by atoms with Gasteiger partial charge in [0.05, 0.1) is 0 Å². The van der Waals surface area contributed by atoms with Gasteiger partial charge < -0.3 is 14.5 Å². The molecule has 0 aromatic carbocycles. The van der Waals surface area contributed by atoms with Crippen LogP contribution < -0.4 is 4.90 Å². The molecule has 1 aliphatic heterocycles. The molecule has 1 saturated heterocycles. The van der Waals surface area contributed by atoms with Crippen molar-refractivity contribution in [1.82, 2.24) is 14.9 Å². The Kier molecular flexibility index (Phi) is 4.94. The van der Waals surface area contributed by atoms with E-state index in [1.807, 2.05) is 13.8 Å². The van der Waals surface area contributed by atoms with Crippen molar-refractivity contribution in [2.45, 2.75) is 45.9 Å². The lowest BCUT2D eigenvalue weighted by atomic mass is 10.1. The van der Waals surface area contributed by atoms with E-state index in [1.165, 1.54) is 6.42 Å². The number of hydrogen-bond donors (Lipinski definition) is 0. The zero-order valence-corrected chi connectivity index (χ0v) is 13.3. The van der Waals surface area contributed by atoms with Crippen LogP contribution in [0.15, 0.2) is 6.07 Å². The largest absolute Gasteiger partial charge is 0.374 e. The minimum atomic E-state index is 0.472. The Morgan fingerprint density at radius 2 is 2.15 bits per heavy atom. The first kappa shape index (κ1) is 15.2. The summed E-state index contributed by atoms with van der Waals surface area (Å²) in [7, 11) is 4.30. The lowest BCUT2D eigenvalue weighted by Gasteiger charge is -2.29. The van der Waals surface area contributed by atoms with Crippen molar-refractivity contribution in [3.63, 3.8) is 0 Å². The van der Waals surface area contributed by atoms with Gasteiger partial charge in [-0.2, -0.15) is 0 Å². The van der Waals surface area contributed by atoms with Crippen LogP contribution in [0, 0.1) is 6.92 Å². The zero-order chi connectivity index (χ0) is 14.7. The van der Waals surface area contributed by atoms with Crippen LogP contribution in [-0.2, 0) is 11.3 Å². The number of aryl methyl sites for hydroxylation is 1. The van der Waals surface area contributed by atoms with Gasteiger partial charge in [-0.3, -0.25) is 0 Å². The number of likely N-dealkylation sites (N-methyl/N-ethyl adjacent to an activating group) is 1. The highest BCUT2D eigenvalue weighted by atomic mass is 16.5. The van der Waals surface area contributed by atoms with Gasteiger partial charge in [-0.05, 0) is 41.3 Å². The Labute approximate surface area is 122 Å². The number of anilines is 1. The van der Waals surface area contributed by atoms with Gasteiger partial charge in [-0.1, -0.05) is 0 Å². The molecule has 5 nitrogen and oxygen atoms in total. The first-order chi connectivity index (χ1) is 9.52. The Bertz CT molecular complexity index is 449. The van der Waals surface area contributed by atoms with Crippen molar-refractivity contribution in [2.75, 3.05) is 32.1 Å². The molecule has 0 radical (unpaired) electrons. The van der Waals surface area contributed by atoms with E-state index in [0.29, 0.717) is 25.3 Å². The van der Waals surface area contributed by atoms with Crippen LogP contribution in [0.4, 0.5) is 5.82 Å². The van der Waals surface area contributed by atoms with Crippen LogP contribution in [0.25, 0.3) is 0 Å². The Morgan fingerprint density at radius 3 is 2.75 bits per heavy atom. The molecule has 2 rings (SSSR count). The van der Waals surface area contributed by atoms with E-state index >= 15 is 0 Å².